The number of carbonyl (C=O) groups excluding carboxylic acids is 1. The highest BCUT2D eigenvalue weighted by atomic mass is 16.3. The Bertz CT molecular complexity index is 763. The molecule has 2 rings (SSSR count). The molecule has 0 atom stereocenters. The predicted octanol–water partition coefficient (Wildman–Crippen LogP) is 1.44. The molecule has 0 fully saturated rings. The third kappa shape index (κ3) is 4.22. The topological polar surface area (TPSA) is 106 Å². The van der Waals surface area contributed by atoms with E-state index >= 15 is 0 Å². The third-order valence-corrected chi connectivity index (χ3v) is 3.45. The Morgan fingerprint density at radius 1 is 1.38 bits per heavy atom. The first-order valence-corrected chi connectivity index (χ1v) is 7.40. The van der Waals surface area contributed by atoms with Crippen molar-refractivity contribution < 1.29 is 15.0 Å². The van der Waals surface area contributed by atoms with Crippen molar-refractivity contribution in [2.75, 3.05) is 13.6 Å². The van der Waals surface area contributed by atoms with Gasteiger partial charge in [-0.25, -0.2) is 4.99 Å². The first kappa shape index (κ1) is 17.3. The lowest BCUT2D eigenvalue weighted by molar-refractivity contribution is -0.116. The Labute approximate surface area is 140 Å². The maximum atomic E-state index is 11.3. The van der Waals surface area contributed by atoms with E-state index in [1.807, 2.05) is 0 Å². The van der Waals surface area contributed by atoms with E-state index in [0.717, 1.165) is 5.70 Å². The number of phenolic OH excluding ortho intramolecular Hbond substituents is 2. The Morgan fingerprint density at radius 2 is 2.12 bits per heavy atom. The number of carbonyl (C=O) groups is 1. The second kappa shape index (κ2) is 7.45. The average molecular weight is 328 g/mol. The van der Waals surface area contributed by atoms with Crippen molar-refractivity contribution in [3.63, 3.8) is 0 Å². The fourth-order valence-electron chi connectivity index (χ4n) is 2.14. The van der Waals surface area contributed by atoms with Crippen LogP contribution in [0.5, 0.6) is 11.5 Å². The summed E-state index contributed by atoms with van der Waals surface area (Å²) >= 11 is 0. The van der Waals surface area contributed by atoms with Gasteiger partial charge in [-0.05, 0) is 25.1 Å². The van der Waals surface area contributed by atoms with Crippen molar-refractivity contribution in [3.05, 3.63) is 47.8 Å². The third-order valence-electron chi connectivity index (χ3n) is 3.45. The van der Waals surface area contributed by atoms with Gasteiger partial charge in [0.1, 0.15) is 11.5 Å². The van der Waals surface area contributed by atoms with Gasteiger partial charge in [0.15, 0.2) is 5.84 Å². The summed E-state index contributed by atoms with van der Waals surface area (Å²) in [4.78, 5) is 19.8. The molecule has 1 aromatic carbocycles. The first-order valence-electron chi connectivity index (χ1n) is 7.40. The van der Waals surface area contributed by atoms with Crippen LogP contribution in [0.25, 0.3) is 0 Å². The molecule has 24 heavy (non-hydrogen) atoms. The van der Waals surface area contributed by atoms with E-state index < -0.39 is 0 Å². The summed E-state index contributed by atoms with van der Waals surface area (Å²) in [6.45, 7) is 6.22. The molecular formula is C17H20N4O3. The van der Waals surface area contributed by atoms with Gasteiger partial charge in [-0.2, -0.15) is 0 Å². The summed E-state index contributed by atoms with van der Waals surface area (Å²) in [7, 11) is 1.54. The molecule has 1 aromatic rings. The maximum Gasteiger partial charge on any atom is 0.245 e. The molecular weight excluding hydrogens is 308 g/mol. The van der Waals surface area contributed by atoms with Crippen LogP contribution in [0.4, 0.5) is 0 Å². The summed E-state index contributed by atoms with van der Waals surface area (Å²) in [5.74, 6) is 0.0909. The largest absolute Gasteiger partial charge is 0.508 e. The molecule has 7 heteroatoms. The lowest BCUT2D eigenvalue weighted by Crippen LogP contribution is -2.31. The van der Waals surface area contributed by atoms with Gasteiger partial charge in [-0.15, -0.1) is 0 Å². The van der Waals surface area contributed by atoms with Crippen LogP contribution in [0, 0.1) is 0 Å². The minimum atomic E-state index is -0.147. The minimum Gasteiger partial charge on any atom is -0.508 e. The Kier molecular flexibility index (Phi) is 5.36. The average Bonchev–Trinajstić information content (AvgIpc) is 2.54. The fourth-order valence-corrected chi connectivity index (χ4v) is 2.14. The summed E-state index contributed by atoms with van der Waals surface area (Å²) in [6.07, 6.45) is 2.16. The SMILES string of the molecule is C=C(NC1=CC(=O)NCC1)C(C)=NC(=NC)c1cc(O)ccc1O. The number of allylic oxidation sites excluding steroid dienone is 1. The number of amides is 1. The highest BCUT2D eigenvalue weighted by Crippen LogP contribution is 2.23. The van der Waals surface area contributed by atoms with Gasteiger partial charge in [0.25, 0.3) is 0 Å². The Balaban J connectivity index is 2.20. The van der Waals surface area contributed by atoms with E-state index in [2.05, 4.69) is 27.2 Å². The molecule has 0 spiro atoms. The molecule has 1 heterocycles. The van der Waals surface area contributed by atoms with Gasteiger partial charge in [-0.1, -0.05) is 6.58 Å². The molecule has 0 aromatic heterocycles. The molecule has 1 aliphatic rings. The molecule has 7 nitrogen and oxygen atoms in total. The number of phenols is 2. The number of hydrogen-bond donors (Lipinski definition) is 4. The molecule has 0 radical (unpaired) electrons. The van der Waals surface area contributed by atoms with Crippen molar-refractivity contribution in [2.24, 2.45) is 9.98 Å². The van der Waals surface area contributed by atoms with Crippen molar-refractivity contribution in [1.82, 2.24) is 10.6 Å². The number of benzene rings is 1. The molecule has 4 N–H and O–H groups in total. The van der Waals surface area contributed by atoms with E-state index in [1.165, 1.54) is 24.3 Å². The van der Waals surface area contributed by atoms with Gasteiger partial charge in [-0.3, -0.25) is 9.79 Å². The minimum absolute atomic E-state index is 0.00660. The molecule has 1 aliphatic heterocycles. The zero-order valence-corrected chi connectivity index (χ0v) is 13.6. The zero-order valence-electron chi connectivity index (χ0n) is 13.6. The predicted molar refractivity (Wildman–Crippen MR) is 93.3 cm³/mol. The Morgan fingerprint density at radius 3 is 2.79 bits per heavy atom. The van der Waals surface area contributed by atoms with Crippen LogP contribution in [-0.2, 0) is 4.79 Å². The van der Waals surface area contributed by atoms with Crippen molar-refractivity contribution in [1.29, 1.82) is 0 Å². The van der Waals surface area contributed by atoms with Gasteiger partial charge < -0.3 is 20.8 Å². The van der Waals surface area contributed by atoms with E-state index in [4.69, 9.17) is 0 Å². The molecule has 0 bridgehead atoms. The maximum absolute atomic E-state index is 11.3. The van der Waals surface area contributed by atoms with Crippen molar-refractivity contribution >= 4 is 17.5 Å². The van der Waals surface area contributed by atoms with Gasteiger partial charge in [0.2, 0.25) is 5.91 Å². The van der Waals surface area contributed by atoms with Crippen LogP contribution >= 0.6 is 0 Å². The number of hydrogen-bond acceptors (Lipinski definition) is 5. The highest BCUT2D eigenvalue weighted by Gasteiger charge is 2.12. The quantitative estimate of drug-likeness (QED) is 0.381. The molecule has 0 saturated heterocycles. The van der Waals surface area contributed by atoms with E-state index in [-0.39, 0.29) is 23.2 Å². The standard InChI is InChI=1S/C17H20N4O3/c1-10(20-12-6-7-19-16(24)8-12)11(2)21-17(18-3)14-9-13(22)4-5-15(14)23/h4-5,8-9,20,22-23H,1,6-7H2,2-3H3,(H,19,24). The van der Waals surface area contributed by atoms with Crippen LogP contribution in [0.1, 0.15) is 18.9 Å². The number of aromatic hydroxyl groups is 2. The van der Waals surface area contributed by atoms with Crippen LogP contribution in [-0.4, -0.2) is 41.3 Å². The van der Waals surface area contributed by atoms with E-state index in [0.29, 0.717) is 29.9 Å². The van der Waals surface area contributed by atoms with Gasteiger partial charge >= 0.3 is 0 Å². The smallest absolute Gasteiger partial charge is 0.245 e. The van der Waals surface area contributed by atoms with Gasteiger partial charge in [0.05, 0.1) is 17.0 Å². The van der Waals surface area contributed by atoms with Crippen molar-refractivity contribution in [3.8, 4) is 11.5 Å². The molecule has 126 valence electrons. The summed E-state index contributed by atoms with van der Waals surface area (Å²) < 4.78 is 0. The Hall–Kier alpha value is -3.09. The van der Waals surface area contributed by atoms with E-state index in [9.17, 15) is 15.0 Å². The lowest BCUT2D eigenvalue weighted by atomic mass is 10.1. The number of aliphatic imine (C=N–C) groups is 2. The lowest BCUT2D eigenvalue weighted by Gasteiger charge is -2.17. The van der Waals surface area contributed by atoms with Crippen LogP contribution in [0.15, 0.2) is 52.2 Å². The highest BCUT2D eigenvalue weighted by molar-refractivity contribution is 6.12. The molecule has 0 unspecified atom stereocenters. The second-order valence-corrected chi connectivity index (χ2v) is 5.26. The monoisotopic (exact) mass is 328 g/mol. The molecule has 0 aliphatic carbocycles. The molecule has 1 amide bonds. The van der Waals surface area contributed by atoms with Crippen LogP contribution in [0.2, 0.25) is 0 Å². The van der Waals surface area contributed by atoms with Crippen molar-refractivity contribution in [2.45, 2.75) is 13.3 Å². The zero-order chi connectivity index (χ0) is 17.7. The van der Waals surface area contributed by atoms with Crippen LogP contribution < -0.4 is 10.6 Å². The fraction of sp³-hybridized carbons (Fsp3) is 0.235. The summed E-state index contributed by atoms with van der Waals surface area (Å²) in [5, 5.41) is 25.3. The van der Waals surface area contributed by atoms with Gasteiger partial charge in [0, 0.05) is 31.8 Å². The van der Waals surface area contributed by atoms with E-state index in [1.54, 1.807) is 14.0 Å². The number of rotatable bonds is 4. The number of nitrogens with zero attached hydrogens (tertiary/aromatic N) is 2. The number of amidine groups is 1. The first-order chi connectivity index (χ1) is 11.4. The van der Waals surface area contributed by atoms with Crippen LogP contribution in [0.3, 0.4) is 0 Å². The second-order valence-electron chi connectivity index (χ2n) is 5.26. The normalized spacial score (nSPS) is 15.6. The molecule has 0 saturated carbocycles. The number of nitrogens with one attached hydrogen (secondary N) is 2. The summed E-state index contributed by atoms with van der Waals surface area (Å²) in [5.41, 5.74) is 2.15. The summed E-state index contributed by atoms with van der Waals surface area (Å²) in [6, 6.07) is 4.14.